The van der Waals surface area contributed by atoms with Gasteiger partial charge in [0.05, 0.1) is 0 Å². The molecule has 92 valence electrons. The molecule has 1 N–H and O–H groups in total. The number of likely N-dealkylation sites (tertiary alicyclic amines) is 1. The topological polar surface area (TPSA) is 40.5 Å². The van der Waals surface area contributed by atoms with Gasteiger partial charge in [-0.05, 0) is 66.0 Å². The summed E-state index contributed by atoms with van der Waals surface area (Å²) >= 11 is 2.29. The maximum Gasteiger partial charge on any atom is 0.407 e. The zero-order valence-electron chi connectivity index (χ0n) is 9.60. The summed E-state index contributed by atoms with van der Waals surface area (Å²) < 4.78 is 1.21. The summed E-state index contributed by atoms with van der Waals surface area (Å²) in [6.45, 7) is 0.684. The number of hydrogen-bond acceptors (Lipinski definition) is 1. The van der Waals surface area contributed by atoms with Crippen LogP contribution in [-0.4, -0.2) is 28.7 Å². The van der Waals surface area contributed by atoms with E-state index in [1.54, 1.807) is 4.90 Å². The average Bonchev–Trinajstić information content (AvgIpc) is 2.29. The van der Waals surface area contributed by atoms with Gasteiger partial charge in [0.15, 0.2) is 0 Å². The average molecular weight is 345 g/mol. The van der Waals surface area contributed by atoms with Crippen LogP contribution >= 0.6 is 22.6 Å². The van der Waals surface area contributed by atoms with Crippen molar-refractivity contribution >= 4 is 28.7 Å². The molecule has 0 bridgehead atoms. The van der Waals surface area contributed by atoms with Gasteiger partial charge >= 0.3 is 6.09 Å². The molecule has 17 heavy (non-hydrogen) atoms. The molecule has 1 aromatic carbocycles. The van der Waals surface area contributed by atoms with Crippen LogP contribution in [-0.2, 0) is 6.42 Å². The van der Waals surface area contributed by atoms with Crippen molar-refractivity contribution in [1.29, 1.82) is 0 Å². The Morgan fingerprint density at radius 1 is 1.47 bits per heavy atom. The quantitative estimate of drug-likeness (QED) is 0.835. The predicted octanol–water partition coefficient (Wildman–Crippen LogP) is 3.37. The van der Waals surface area contributed by atoms with E-state index >= 15 is 0 Å². The van der Waals surface area contributed by atoms with E-state index in [1.807, 2.05) is 6.07 Å². The summed E-state index contributed by atoms with van der Waals surface area (Å²) in [5.74, 6) is 0. The fraction of sp³-hybridized carbons (Fsp3) is 0.462. The van der Waals surface area contributed by atoms with Crippen LogP contribution in [0.1, 0.15) is 24.8 Å². The summed E-state index contributed by atoms with van der Waals surface area (Å²) in [6.07, 6.45) is 3.18. The van der Waals surface area contributed by atoms with Crippen molar-refractivity contribution in [3.8, 4) is 0 Å². The smallest absolute Gasteiger partial charge is 0.407 e. The standard InChI is InChI=1S/C13H16INO2/c14-11-5-3-4-10(8-11)9-12-6-1-2-7-15(12)13(16)17/h3-5,8,12H,1-2,6-7,9H2,(H,16,17)/t12-/m0/s1. The second-order valence-electron chi connectivity index (χ2n) is 4.46. The highest BCUT2D eigenvalue weighted by Crippen LogP contribution is 2.21. The first kappa shape index (κ1) is 12.7. The monoisotopic (exact) mass is 345 g/mol. The molecule has 1 aliphatic rings. The lowest BCUT2D eigenvalue weighted by Crippen LogP contribution is -2.44. The van der Waals surface area contributed by atoms with E-state index in [4.69, 9.17) is 5.11 Å². The van der Waals surface area contributed by atoms with E-state index in [2.05, 4.69) is 40.8 Å². The first-order valence-electron chi connectivity index (χ1n) is 5.91. The van der Waals surface area contributed by atoms with Crippen LogP contribution in [0.25, 0.3) is 0 Å². The minimum atomic E-state index is -0.777. The summed E-state index contributed by atoms with van der Waals surface area (Å²) in [5.41, 5.74) is 1.23. The van der Waals surface area contributed by atoms with Crippen molar-refractivity contribution < 1.29 is 9.90 Å². The van der Waals surface area contributed by atoms with Crippen molar-refractivity contribution in [3.63, 3.8) is 0 Å². The molecule has 1 amide bonds. The highest BCUT2D eigenvalue weighted by molar-refractivity contribution is 14.1. The number of nitrogens with zero attached hydrogens (tertiary/aromatic N) is 1. The maximum absolute atomic E-state index is 11.1. The summed E-state index contributed by atoms with van der Waals surface area (Å²) in [5, 5.41) is 9.17. The van der Waals surface area contributed by atoms with Crippen LogP contribution in [0.4, 0.5) is 4.79 Å². The summed E-state index contributed by atoms with van der Waals surface area (Å²) in [6, 6.07) is 8.45. The van der Waals surface area contributed by atoms with Gasteiger partial charge in [-0.25, -0.2) is 4.79 Å². The van der Waals surface area contributed by atoms with Crippen molar-refractivity contribution in [1.82, 2.24) is 4.90 Å². The summed E-state index contributed by atoms with van der Waals surface area (Å²) in [4.78, 5) is 12.7. The van der Waals surface area contributed by atoms with Gasteiger partial charge in [0.25, 0.3) is 0 Å². The van der Waals surface area contributed by atoms with E-state index in [9.17, 15) is 4.79 Å². The number of piperidine rings is 1. The van der Waals surface area contributed by atoms with Gasteiger partial charge < -0.3 is 10.0 Å². The SMILES string of the molecule is O=C(O)N1CCCC[C@H]1Cc1cccc(I)c1. The fourth-order valence-corrected chi connectivity index (χ4v) is 3.01. The number of benzene rings is 1. The molecule has 0 saturated carbocycles. The van der Waals surface area contributed by atoms with Crippen LogP contribution in [0.15, 0.2) is 24.3 Å². The van der Waals surface area contributed by atoms with Gasteiger partial charge in [-0.15, -0.1) is 0 Å². The first-order chi connectivity index (χ1) is 8.16. The molecule has 1 heterocycles. The van der Waals surface area contributed by atoms with Crippen molar-refractivity contribution in [2.45, 2.75) is 31.7 Å². The number of carboxylic acid groups (broad SMARTS) is 1. The Morgan fingerprint density at radius 2 is 2.29 bits per heavy atom. The molecule has 1 saturated heterocycles. The molecule has 1 fully saturated rings. The molecule has 2 rings (SSSR count). The molecule has 1 aromatic rings. The molecular weight excluding hydrogens is 329 g/mol. The molecule has 0 radical (unpaired) electrons. The molecule has 0 unspecified atom stereocenters. The van der Waals surface area contributed by atoms with Crippen LogP contribution < -0.4 is 0 Å². The van der Waals surface area contributed by atoms with E-state index in [0.717, 1.165) is 25.7 Å². The van der Waals surface area contributed by atoms with Crippen LogP contribution in [0.5, 0.6) is 0 Å². The number of halogens is 1. The highest BCUT2D eigenvalue weighted by Gasteiger charge is 2.26. The van der Waals surface area contributed by atoms with Crippen LogP contribution in [0.3, 0.4) is 0 Å². The number of hydrogen-bond donors (Lipinski definition) is 1. The maximum atomic E-state index is 11.1. The van der Waals surface area contributed by atoms with Crippen LogP contribution in [0.2, 0.25) is 0 Å². The minimum absolute atomic E-state index is 0.152. The molecule has 4 heteroatoms. The molecule has 0 aliphatic carbocycles. The zero-order valence-corrected chi connectivity index (χ0v) is 11.8. The fourth-order valence-electron chi connectivity index (χ4n) is 2.40. The van der Waals surface area contributed by atoms with Crippen molar-refractivity contribution in [2.75, 3.05) is 6.54 Å². The third-order valence-corrected chi connectivity index (χ3v) is 3.90. The largest absolute Gasteiger partial charge is 0.465 e. The van der Waals surface area contributed by atoms with Gasteiger partial charge in [0, 0.05) is 16.2 Å². The molecule has 0 aromatic heterocycles. The van der Waals surface area contributed by atoms with E-state index < -0.39 is 6.09 Å². The number of rotatable bonds is 2. The van der Waals surface area contributed by atoms with Crippen molar-refractivity contribution in [3.05, 3.63) is 33.4 Å². The second kappa shape index (κ2) is 5.71. The van der Waals surface area contributed by atoms with Crippen LogP contribution in [0, 0.1) is 3.57 Å². The zero-order chi connectivity index (χ0) is 12.3. The normalized spacial score (nSPS) is 20.3. The molecule has 3 nitrogen and oxygen atoms in total. The molecule has 0 spiro atoms. The number of amides is 1. The van der Waals surface area contributed by atoms with Crippen molar-refractivity contribution in [2.24, 2.45) is 0 Å². The van der Waals surface area contributed by atoms with Gasteiger partial charge in [-0.2, -0.15) is 0 Å². The Morgan fingerprint density at radius 3 is 3.00 bits per heavy atom. The van der Waals surface area contributed by atoms with Gasteiger partial charge in [0.1, 0.15) is 0 Å². The van der Waals surface area contributed by atoms with E-state index in [-0.39, 0.29) is 6.04 Å². The second-order valence-corrected chi connectivity index (χ2v) is 5.71. The lowest BCUT2D eigenvalue weighted by Gasteiger charge is -2.33. The van der Waals surface area contributed by atoms with Gasteiger partial charge in [-0.1, -0.05) is 12.1 Å². The Hall–Kier alpha value is -0.780. The molecule has 1 aliphatic heterocycles. The first-order valence-corrected chi connectivity index (χ1v) is 6.98. The van der Waals surface area contributed by atoms with Gasteiger partial charge in [0.2, 0.25) is 0 Å². The Balaban J connectivity index is 2.08. The number of carbonyl (C=O) groups is 1. The third kappa shape index (κ3) is 3.34. The summed E-state index contributed by atoms with van der Waals surface area (Å²) in [7, 11) is 0. The molecule has 1 atom stereocenters. The Labute approximate surface area is 115 Å². The third-order valence-electron chi connectivity index (χ3n) is 3.23. The lowest BCUT2D eigenvalue weighted by molar-refractivity contribution is 0.106. The van der Waals surface area contributed by atoms with E-state index in [1.165, 1.54) is 9.13 Å². The Bertz CT molecular complexity index is 408. The molecular formula is C13H16INO2. The van der Waals surface area contributed by atoms with Gasteiger partial charge in [-0.3, -0.25) is 0 Å². The van der Waals surface area contributed by atoms with E-state index in [0.29, 0.717) is 6.54 Å². The lowest BCUT2D eigenvalue weighted by atomic mass is 9.96. The minimum Gasteiger partial charge on any atom is -0.465 e. The predicted molar refractivity (Wildman–Crippen MR) is 75.2 cm³/mol. The Kier molecular flexibility index (Phi) is 4.25. The highest BCUT2D eigenvalue weighted by atomic mass is 127.